The fraction of sp³-hybridized carbons (Fsp3) is 0.524. The van der Waals surface area contributed by atoms with Gasteiger partial charge in [0.2, 0.25) is 10.0 Å². The average Bonchev–Trinajstić information content (AvgIpc) is 2.79. The minimum absolute atomic E-state index is 0.106. The van der Waals surface area contributed by atoms with Crippen LogP contribution in [0.2, 0.25) is 0 Å². The Bertz CT molecular complexity index is 1060. The lowest BCUT2D eigenvalue weighted by Gasteiger charge is -2.36. The van der Waals surface area contributed by atoms with Crippen LogP contribution in [0.4, 0.5) is 24.8 Å². The summed E-state index contributed by atoms with van der Waals surface area (Å²) >= 11 is 0. The molecule has 0 amide bonds. The Morgan fingerprint density at radius 2 is 1.61 bits per heavy atom. The molecule has 4 rings (SSSR count). The van der Waals surface area contributed by atoms with Crippen LogP contribution in [0, 0.1) is 0 Å². The zero-order chi connectivity index (χ0) is 23.6. The van der Waals surface area contributed by atoms with Crippen molar-refractivity contribution in [3.05, 3.63) is 36.4 Å². The van der Waals surface area contributed by atoms with E-state index < -0.39 is 27.0 Å². The van der Waals surface area contributed by atoms with Gasteiger partial charge in [0.05, 0.1) is 0 Å². The highest BCUT2D eigenvalue weighted by atomic mass is 32.2. The van der Waals surface area contributed by atoms with Crippen molar-refractivity contribution in [2.24, 2.45) is 0 Å². The number of ether oxygens (including phenoxy) is 1. The number of rotatable bonds is 5. The van der Waals surface area contributed by atoms with Crippen LogP contribution < -0.4 is 14.5 Å². The van der Waals surface area contributed by atoms with Gasteiger partial charge in [0.1, 0.15) is 10.6 Å². The standard InChI is InChI=1S/C21H26F3N5O3S/c1-16-6-4-5-11-29(16)20-10-9-19(25-26-20)27-12-14-28(15-13-27)33(30,31)18-8-3-2-7-17(18)32-21(22,23)24/h2-3,7-10,16H,4-6,11-15H2,1H3. The van der Waals surface area contributed by atoms with Crippen LogP contribution in [0.5, 0.6) is 5.75 Å². The zero-order valence-corrected chi connectivity index (χ0v) is 19.0. The van der Waals surface area contributed by atoms with E-state index in [1.165, 1.54) is 22.9 Å². The Kier molecular flexibility index (Phi) is 6.66. The molecule has 0 aliphatic carbocycles. The molecule has 0 spiro atoms. The highest BCUT2D eigenvalue weighted by Crippen LogP contribution is 2.32. The first-order chi connectivity index (χ1) is 15.6. The van der Waals surface area contributed by atoms with E-state index in [0.29, 0.717) is 24.9 Å². The zero-order valence-electron chi connectivity index (χ0n) is 18.2. The summed E-state index contributed by atoms with van der Waals surface area (Å²) < 4.78 is 69.2. The minimum Gasteiger partial charge on any atom is -0.404 e. The molecule has 2 saturated heterocycles. The first kappa shape index (κ1) is 23.6. The van der Waals surface area contributed by atoms with Gasteiger partial charge < -0.3 is 14.5 Å². The summed E-state index contributed by atoms with van der Waals surface area (Å²) in [5.74, 6) is 0.732. The molecule has 0 radical (unpaired) electrons. The summed E-state index contributed by atoms with van der Waals surface area (Å²) in [6, 6.07) is 9.00. The van der Waals surface area contributed by atoms with Crippen molar-refractivity contribution < 1.29 is 26.3 Å². The molecule has 2 fully saturated rings. The fourth-order valence-corrected chi connectivity index (χ4v) is 5.78. The topological polar surface area (TPSA) is 78.9 Å². The number of nitrogens with zero attached hydrogens (tertiary/aromatic N) is 5. The molecule has 2 aromatic rings. The third-order valence-corrected chi connectivity index (χ3v) is 7.93. The summed E-state index contributed by atoms with van der Waals surface area (Å²) in [6.45, 7) is 4.02. The number of alkyl halides is 3. The Labute approximate surface area is 191 Å². The van der Waals surface area contributed by atoms with Gasteiger partial charge >= 0.3 is 6.36 Å². The number of sulfonamides is 1. The second-order valence-corrected chi connectivity index (χ2v) is 10.1. The molecule has 8 nitrogen and oxygen atoms in total. The summed E-state index contributed by atoms with van der Waals surface area (Å²) in [6.07, 6.45) is -1.53. The van der Waals surface area contributed by atoms with E-state index in [4.69, 9.17) is 0 Å². The molecule has 1 unspecified atom stereocenters. The molecule has 0 bridgehead atoms. The number of benzene rings is 1. The second kappa shape index (κ2) is 9.34. The summed E-state index contributed by atoms with van der Waals surface area (Å²) in [5.41, 5.74) is 0. The predicted octanol–water partition coefficient (Wildman–Crippen LogP) is 3.26. The number of para-hydroxylation sites is 1. The van der Waals surface area contributed by atoms with Crippen molar-refractivity contribution in [1.82, 2.24) is 14.5 Å². The van der Waals surface area contributed by atoms with Gasteiger partial charge in [-0.3, -0.25) is 0 Å². The number of piperidine rings is 1. The molecule has 1 aromatic heterocycles. The molecule has 1 aromatic carbocycles. The van der Waals surface area contributed by atoms with Crippen LogP contribution in [-0.4, -0.2) is 68.0 Å². The fourth-order valence-electron chi connectivity index (χ4n) is 4.25. The lowest BCUT2D eigenvalue weighted by atomic mass is 10.0. The van der Waals surface area contributed by atoms with Crippen molar-refractivity contribution in [3.8, 4) is 5.75 Å². The number of hydrogen-bond acceptors (Lipinski definition) is 7. The van der Waals surface area contributed by atoms with E-state index in [2.05, 4.69) is 26.8 Å². The van der Waals surface area contributed by atoms with Crippen molar-refractivity contribution in [2.75, 3.05) is 42.5 Å². The number of anilines is 2. The van der Waals surface area contributed by atoms with Gasteiger partial charge in [-0.1, -0.05) is 12.1 Å². The van der Waals surface area contributed by atoms with Crippen LogP contribution in [-0.2, 0) is 10.0 Å². The van der Waals surface area contributed by atoms with E-state index in [1.54, 1.807) is 0 Å². The molecule has 12 heteroatoms. The van der Waals surface area contributed by atoms with Crippen LogP contribution in [0.1, 0.15) is 26.2 Å². The molecule has 1 atom stereocenters. The SMILES string of the molecule is CC1CCCCN1c1ccc(N2CCN(S(=O)(=O)c3ccccc3OC(F)(F)F)CC2)nn1. The summed E-state index contributed by atoms with van der Waals surface area (Å²) in [4.78, 5) is 3.65. The maximum Gasteiger partial charge on any atom is 0.573 e. The Balaban J connectivity index is 1.43. The van der Waals surface area contributed by atoms with Gasteiger partial charge in [0, 0.05) is 38.8 Å². The monoisotopic (exact) mass is 485 g/mol. The van der Waals surface area contributed by atoms with Crippen molar-refractivity contribution in [1.29, 1.82) is 0 Å². The van der Waals surface area contributed by atoms with E-state index in [9.17, 15) is 21.6 Å². The molecule has 0 N–H and O–H groups in total. The van der Waals surface area contributed by atoms with Gasteiger partial charge in [0.25, 0.3) is 0 Å². The molecule has 2 aliphatic heterocycles. The lowest BCUT2D eigenvalue weighted by Crippen LogP contribution is -2.49. The first-order valence-corrected chi connectivity index (χ1v) is 12.3. The van der Waals surface area contributed by atoms with Crippen LogP contribution in [0.3, 0.4) is 0 Å². The van der Waals surface area contributed by atoms with Crippen LogP contribution in [0.15, 0.2) is 41.3 Å². The molecule has 2 aliphatic rings. The van der Waals surface area contributed by atoms with Crippen LogP contribution in [0.25, 0.3) is 0 Å². The molecule has 180 valence electrons. The second-order valence-electron chi connectivity index (χ2n) is 8.17. The third-order valence-electron chi connectivity index (χ3n) is 5.99. The van der Waals surface area contributed by atoms with E-state index in [0.717, 1.165) is 37.3 Å². The molecule has 0 saturated carbocycles. The van der Waals surface area contributed by atoms with E-state index in [1.807, 2.05) is 17.0 Å². The molecule has 33 heavy (non-hydrogen) atoms. The maximum absolute atomic E-state index is 13.0. The summed E-state index contributed by atoms with van der Waals surface area (Å²) in [5, 5.41) is 8.70. The average molecular weight is 486 g/mol. The maximum atomic E-state index is 13.0. The molecular formula is C21H26F3N5O3S. The number of halogens is 3. The Morgan fingerprint density at radius 3 is 2.24 bits per heavy atom. The molecular weight excluding hydrogens is 459 g/mol. The van der Waals surface area contributed by atoms with E-state index in [-0.39, 0.29) is 13.1 Å². The number of aromatic nitrogens is 2. The van der Waals surface area contributed by atoms with Crippen molar-refractivity contribution in [3.63, 3.8) is 0 Å². The van der Waals surface area contributed by atoms with Crippen molar-refractivity contribution in [2.45, 2.75) is 43.5 Å². The van der Waals surface area contributed by atoms with Gasteiger partial charge in [-0.05, 0) is 50.5 Å². The number of hydrogen-bond donors (Lipinski definition) is 0. The van der Waals surface area contributed by atoms with Crippen LogP contribution >= 0.6 is 0 Å². The highest BCUT2D eigenvalue weighted by Gasteiger charge is 2.36. The quantitative estimate of drug-likeness (QED) is 0.643. The highest BCUT2D eigenvalue weighted by molar-refractivity contribution is 7.89. The first-order valence-electron chi connectivity index (χ1n) is 10.9. The number of piperazine rings is 1. The largest absolute Gasteiger partial charge is 0.573 e. The third kappa shape index (κ3) is 5.32. The normalized spacial score (nSPS) is 20.7. The molecule has 3 heterocycles. The summed E-state index contributed by atoms with van der Waals surface area (Å²) in [7, 11) is -4.16. The van der Waals surface area contributed by atoms with Gasteiger partial charge in [-0.25, -0.2) is 8.42 Å². The Hall–Kier alpha value is -2.60. The lowest BCUT2D eigenvalue weighted by molar-refractivity contribution is -0.275. The van der Waals surface area contributed by atoms with Gasteiger partial charge in [-0.2, -0.15) is 4.31 Å². The van der Waals surface area contributed by atoms with Gasteiger partial charge in [-0.15, -0.1) is 23.4 Å². The van der Waals surface area contributed by atoms with Crippen molar-refractivity contribution >= 4 is 21.7 Å². The predicted molar refractivity (Wildman–Crippen MR) is 117 cm³/mol. The van der Waals surface area contributed by atoms with E-state index >= 15 is 0 Å². The Morgan fingerprint density at radius 1 is 0.939 bits per heavy atom. The smallest absolute Gasteiger partial charge is 0.404 e. The van der Waals surface area contributed by atoms with Gasteiger partial charge in [0.15, 0.2) is 11.6 Å². The minimum atomic E-state index is -4.98.